The molecule has 2 fully saturated rings. The minimum absolute atomic E-state index is 0.156. The number of hydrogen-bond acceptors (Lipinski definition) is 4. The molecular formula is C19H29ClN2O2. The lowest BCUT2D eigenvalue weighted by Crippen LogP contribution is -2.47. The molecule has 2 aliphatic rings. The molecule has 3 rings (SSSR count). The van der Waals surface area contributed by atoms with Gasteiger partial charge in [0.15, 0.2) is 0 Å². The van der Waals surface area contributed by atoms with Crippen molar-refractivity contribution in [2.75, 3.05) is 39.3 Å². The van der Waals surface area contributed by atoms with E-state index in [0.717, 1.165) is 51.4 Å². The van der Waals surface area contributed by atoms with Gasteiger partial charge >= 0.3 is 0 Å². The summed E-state index contributed by atoms with van der Waals surface area (Å²) in [6.07, 6.45) is 7.08. The van der Waals surface area contributed by atoms with Gasteiger partial charge in [-0.3, -0.25) is 9.80 Å². The normalized spacial score (nSPS) is 21.2. The van der Waals surface area contributed by atoms with Gasteiger partial charge in [0.05, 0.1) is 17.7 Å². The van der Waals surface area contributed by atoms with Crippen molar-refractivity contribution >= 4 is 11.6 Å². The Morgan fingerprint density at radius 2 is 1.75 bits per heavy atom. The quantitative estimate of drug-likeness (QED) is 0.849. The van der Waals surface area contributed by atoms with Crippen LogP contribution in [0.3, 0.4) is 0 Å². The van der Waals surface area contributed by atoms with E-state index in [9.17, 15) is 5.11 Å². The number of phenolic OH excluding ortho intramolecular Hbond substituents is 1. The molecule has 0 aromatic heterocycles. The average molecular weight is 353 g/mol. The van der Waals surface area contributed by atoms with Gasteiger partial charge in [0, 0.05) is 39.3 Å². The molecule has 0 amide bonds. The number of halogens is 1. The van der Waals surface area contributed by atoms with Crippen molar-refractivity contribution in [1.29, 1.82) is 0 Å². The molecule has 1 aromatic carbocycles. The monoisotopic (exact) mass is 352 g/mol. The molecule has 134 valence electrons. The molecule has 0 atom stereocenters. The highest BCUT2D eigenvalue weighted by atomic mass is 35.5. The Labute approximate surface area is 150 Å². The number of rotatable bonds is 6. The highest BCUT2D eigenvalue weighted by molar-refractivity contribution is 6.32. The van der Waals surface area contributed by atoms with Gasteiger partial charge in [-0.15, -0.1) is 0 Å². The minimum atomic E-state index is 0.156. The fraction of sp³-hybridized carbons (Fsp3) is 0.684. The van der Waals surface area contributed by atoms with Crippen LogP contribution in [0.5, 0.6) is 5.75 Å². The van der Waals surface area contributed by atoms with Crippen molar-refractivity contribution < 1.29 is 9.84 Å². The Kier molecular flexibility index (Phi) is 6.78. The maximum absolute atomic E-state index is 9.50. The second-order valence-electron chi connectivity index (χ2n) is 7.03. The Morgan fingerprint density at radius 3 is 2.46 bits per heavy atom. The van der Waals surface area contributed by atoms with Crippen molar-refractivity contribution in [3.8, 4) is 5.75 Å². The summed E-state index contributed by atoms with van der Waals surface area (Å²) >= 11 is 5.99. The van der Waals surface area contributed by atoms with E-state index < -0.39 is 0 Å². The van der Waals surface area contributed by atoms with Gasteiger partial charge in [0.2, 0.25) is 0 Å². The summed E-state index contributed by atoms with van der Waals surface area (Å²) in [5.74, 6) is 0.156. The zero-order chi connectivity index (χ0) is 16.8. The van der Waals surface area contributed by atoms with Gasteiger partial charge in [0.25, 0.3) is 0 Å². The summed E-state index contributed by atoms with van der Waals surface area (Å²) in [7, 11) is 0. The third-order valence-electron chi connectivity index (χ3n) is 5.20. The largest absolute Gasteiger partial charge is 0.506 e. The first-order valence-electron chi connectivity index (χ1n) is 9.24. The lowest BCUT2D eigenvalue weighted by molar-refractivity contribution is 0.00884. The lowest BCUT2D eigenvalue weighted by atomic mass is 9.98. The second-order valence-corrected chi connectivity index (χ2v) is 7.44. The summed E-state index contributed by atoms with van der Waals surface area (Å²) in [5.41, 5.74) is 1.16. The van der Waals surface area contributed by atoms with Crippen LogP contribution in [0.15, 0.2) is 18.2 Å². The Bertz CT molecular complexity index is 512. The summed E-state index contributed by atoms with van der Waals surface area (Å²) in [6, 6.07) is 5.49. The predicted octanol–water partition coefficient (Wildman–Crippen LogP) is 3.51. The summed E-state index contributed by atoms with van der Waals surface area (Å²) < 4.78 is 6.04. The van der Waals surface area contributed by atoms with Crippen molar-refractivity contribution in [1.82, 2.24) is 9.80 Å². The Balaban J connectivity index is 1.34. The van der Waals surface area contributed by atoms with Crippen LogP contribution in [0.4, 0.5) is 0 Å². The van der Waals surface area contributed by atoms with E-state index in [0.29, 0.717) is 11.1 Å². The first-order chi connectivity index (χ1) is 11.7. The van der Waals surface area contributed by atoms with Gasteiger partial charge in [-0.05, 0) is 30.5 Å². The molecular weight excluding hydrogens is 324 g/mol. The smallest absolute Gasteiger partial charge is 0.134 e. The van der Waals surface area contributed by atoms with E-state index in [1.54, 1.807) is 6.07 Å². The van der Waals surface area contributed by atoms with E-state index >= 15 is 0 Å². The molecule has 1 aromatic rings. The van der Waals surface area contributed by atoms with Gasteiger partial charge < -0.3 is 9.84 Å². The van der Waals surface area contributed by atoms with E-state index in [1.165, 1.54) is 32.1 Å². The standard InChI is InChI=1S/C19H29ClN2O2/c20-18-14-16(6-7-19(18)23)15-22-10-8-21(9-11-22)12-13-24-17-4-2-1-3-5-17/h6-7,14,17,23H,1-5,8-13,15H2. The molecule has 1 N–H and O–H groups in total. The number of benzene rings is 1. The minimum Gasteiger partial charge on any atom is -0.506 e. The highest BCUT2D eigenvalue weighted by Crippen LogP contribution is 2.24. The average Bonchev–Trinajstić information content (AvgIpc) is 2.61. The molecule has 5 heteroatoms. The highest BCUT2D eigenvalue weighted by Gasteiger charge is 2.18. The van der Waals surface area contributed by atoms with Crippen LogP contribution in [0.1, 0.15) is 37.7 Å². The maximum Gasteiger partial charge on any atom is 0.134 e. The number of ether oxygens (including phenoxy) is 1. The van der Waals surface area contributed by atoms with E-state index in [1.807, 2.05) is 12.1 Å². The topological polar surface area (TPSA) is 35.9 Å². The fourth-order valence-electron chi connectivity index (χ4n) is 3.66. The molecule has 1 aliphatic heterocycles. The first-order valence-corrected chi connectivity index (χ1v) is 9.62. The van der Waals surface area contributed by atoms with Crippen molar-refractivity contribution in [3.05, 3.63) is 28.8 Å². The molecule has 0 unspecified atom stereocenters. The zero-order valence-corrected chi connectivity index (χ0v) is 15.2. The number of piperazine rings is 1. The number of nitrogens with zero attached hydrogens (tertiary/aromatic N) is 2. The first kappa shape index (κ1) is 18.0. The van der Waals surface area contributed by atoms with Crippen molar-refractivity contribution in [2.24, 2.45) is 0 Å². The van der Waals surface area contributed by atoms with Crippen LogP contribution < -0.4 is 0 Å². The molecule has 0 bridgehead atoms. The molecule has 0 radical (unpaired) electrons. The molecule has 1 heterocycles. The molecule has 24 heavy (non-hydrogen) atoms. The van der Waals surface area contributed by atoms with Crippen LogP contribution in [0, 0.1) is 0 Å². The van der Waals surface area contributed by atoms with Crippen LogP contribution in [-0.4, -0.2) is 60.3 Å². The molecule has 1 aliphatic carbocycles. The van der Waals surface area contributed by atoms with Crippen LogP contribution in [-0.2, 0) is 11.3 Å². The molecule has 1 saturated carbocycles. The Morgan fingerprint density at radius 1 is 1.04 bits per heavy atom. The summed E-state index contributed by atoms with van der Waals surface area (Å²) in [5, 5.41) is 9.93. The Hall–Kier alpha value is -0.810. The van der Waals surface area contributed by atoms with Crippen molar-refractivity contribution in [2.45, 2.75) is 44.8 Å². The SMILES string of the molecule is Oc1ccc(CN2CCN(CCOC3CCCCC3)CC2)cc1Cl. The number of hydrogen-bond donors (Lipinski definition) is 1. The molecule has 1 saturated heterocycles. The number of phenols is 1. The third kappa shape index (κ3) is 5.35. The molecule has 4 nitrogen and oxygen atoms in total. The zero-order valence-electron chi connectivity index (χ0n) is 14.4. The predicted molar refractivity (Wildman–Crippen MR) is 97.7 cm³/mol. The van der Waals surface area contributed by atoms with Crippen molar-refractivity contribution in [3.63, 3.8) is 0 Å². The van der Waals surface area contributed by atoms with Crippen LogP contribution in [0.2, 0.25) is 5.02 Å². The number of aromatic hydroxyl groups is 1. The summed E-state index contributed by atoms with van der Waals surface area (Å²) in [4.78, 5) is 4.95. The summed E-state index contributed by atoms with van der Waals surface area (Å²) in [6.45, 7) is 7.16. The van der Waals surface area contributed by atoms with E-state index in [-0.39, 0.29) is 5.75 Å². The second kappa shape index (κ2) is 9.04. The van der Waals surface area contributed by atoms with Gasteiger partial charge in [0.1, 0.15) is 5.75 Å². The van der Waals surface area contributed by atoms with Gasteiger partial charge in [-0.1, -0.05) is 36.9 Å². The van der Waals surface area contributed by atoms with E-state index in [2.05, 4.69) is 9.80 Å². The lowest BCUT2D eigenvalue weighted by Gasteiger charge is -2.35. The third-order valence-corrected chi connectivity index (χ3v) is 5.50. The van der Waals surface area contributed by atoms with Crippen LogP contribution >= 0.6 is 11.6 Å². The van der Waals surface area contributed by atoms with Gasteiger partial charge in [-0.25, -0.2) is 0 Å². The van der Waals surface area contributed by atoms with Crippen LogP contribution in [0.25, 0.3) is 0 Å². The van der Waals surface area contributed by atoms with E-state index in [4.69, 9.17) is 16.3 Å². The fourth-order valence-corrected chi connectivity index (χ4v) is 3.86. The van der Waals surface area contributed by atoms with Gasteiger partial charge in [-0.2, -0.15) is 0 Å². The maximum atomic E-state index is 9.50. The molecule has 0 spiro atoms.